The Morgan fingerprint density at radius 1 is 1.56 bits per heavy atom. The minimum Gasteiger partial charge on any atom is -0.409 e. The van der Waals surface area contributed by atoms with Gasteiger partial charge >= 0.3 is 0 Å². The highest BCUT2D eigenvalue weighted by molar-refractivity contribution is 6.31. The molecule has 1 saturated carbocycles. The molecule has 0 atom stereocenters. The number of carbonyl (C=O) groups excluding carboxylic acids is 1. The van der Waals surface area contributed by atoms with E-state index >= 15 is 0 Å². The van der Waals surface area contributed by atoms with Crippen LogP contribution in [-0.4, -0.2) is 17.0 Å². The number of hydrogen-bond donors (Lipinski definition) is 3. The second kappa shape index (κ2) is 5.27. The zero-order valence-corrected chi connectivity index (χ0v) is 10.4. The van der Waals surface area contributed by atoms with E-state index in [1.165, 1.54) is 0 Å². The summed E-state index contributed by atoms with van der Waals surface area (Å²) >= 11 is 5.87. The van der Waals surface area contributed by atoms with E-state index in [2.05, 4.69) is 10.5 Å². The molecule has 0 unspecified atom stereocenters. The van der Waals surface area contributed by atoms with Crippen molar-refractivity contribution in [1.29, 1.82) is 0 Å². The summed E-state index contributed by atoms with van der Waals surface area (Å²) in [7, 11) is 0. The number of benzene rings is 1. The predicted molar refractivity (Wildman–Crippen MR) is 69.9 cm³/mol. The molecule has 18 heavy (non-hydrogen) atoms. The molecule has 0 bridgehead atoms. The summed E-state index contributed by atoms with van der Waals surface area (Å²) in [6.07, 6.45) is 2.72. The Bertz CT molecular complexity index is 498. The lowest BCUT2D eigenvalue weighted by Crippen LogP contribution is -2.19. The molecule has 1 fully saturated rings. The molecule has 2 rings (SSSR count). The maximum Gasteiger partial charge on any atom is 0.224 e. The number of carbonyl (C=O) groups is 1. The smallest absolute Gasteiger partial charge is 0.224 e. The summed E-state index contributed by atoms with van der Waals surface area (Å²) in [6.45, 7) is 0. The first-order chi connectivity index (χ1) is 8.60. The quantitative estimate of drug-likeness (QED) is 0.338. The van der Waals surface area contributed by atoms with Crippen LogP contribution in [0.3, 0.4) is 0 Å². The van der Waals surface area contributed by atoms with Crippen molar-refractivity contribution in [1.82, 2.24) is 0 Å². The van der Waals surface area contributed by atoms with Gasteiger partial charge in [0.2, 0.25) is 5.91 Å². The largest absolute Gasteiger partial charge is 0.409 e. The number of anilines is 1. The maximum absolute atomic E-state index is 11.7. The van der Waals surface area contributed by atoms with Gasteiger partial charge in [-0.1, -0.05) is 16.8 Å². The van der Waals surface area contributed by atoms with E-state index in [0.717, 1.165) is 12.8 Å². The second-order valence-electron chi connectivity index (χ2n) is 4.37. The van der Waals surface area contributed by atoms with Crippen molar-refractivity contribution >= 4 is 29.0 Å². The molecule has 0 spiro atoms. The van der Waals surface area contributed by atoms with E-state index in [0.29, 0.717) is 28.6 Å². The van der Waals surface area contributed by atoms with E-state index in [1.54, 1.807) is 18.2 Å². The molecule has 0 heterocycles. The Hall–Kier alpha value is -1.75. The second-order valence-corrected chi connectivity index (χ2v) is 4.81. The molecule has 5 nitrogen and oxygen atoms in total. The fraction of sp³-hybridized carbons (Fsp3) is 0.333. The van der Waals surface area contributed by atoms with Crippen LogP contribution in [0, 0.1) is 5.92 Å². The fourth-order valence-electron chi connectivity index (χ4n) is 1.68. The Kier molecular flexibility index (Phi) is 3.72. The molecule has 1 aliphatic rings. The Balaban J connectivity index is 2.18. The topological polar surface area (TPSA) is 87.7 Å². The third-order valence-corrected chi connectivity index (χ3v) is 3.05. The first-order valence-corrected chi connectivity index (χ1v) is 6.05. The molecule has 96 valence electrons. The van der Waals surface area contributed by atoms with Crippen LogP contribution in [0.15, 0.2) is 23.4 Å². The van der Waals surface area contributed by atoms with Crippen LogP contribution in [0.25, 0.3) is 0 Å². The molecule has 1 aromatic carbocycles. The third kappa shape index (κ3) is 3.13. The van der Waals surface area contributed by atoms with Crippen molar-refractivity contribution in [3.63, 3.8) is 0 Å². The van der Waals surface area contributed by atoms with E-state index in [1.807, 2.05) is 0 Å². The molecule has 0 radical (unpaired) electrons. The molecule has 1 aliphatic carbocycles. The highest BCUT2D eigenvalue weighted by Gasteiger charge is 2.24. The van der Waals surface area contributed by atoms with Crippen molar-refractivity contribution < 1.29 is 10.0 Å². The number of hydrogen-bond acceptors (Lipinski definition) is 3. The van der Waals surface area contributed by atoms with Gasteiger partial charge in [-0.15, -0.1) is 0 Å². The number of oxime groups is 1. The van der Waals surface area contributed by atoms with Crippen LogP contribution < -0.4 is 11.1 Å². The summed E-state index contributed by atoms with van der Waals surface area (Å²) in [5.41, 5.74) is 6.45. The molecule has 1 aromatic rings. The number of halogens is 1. The fourth-order valence-corrected chi connectivity index (χ4v) is 1.85. The Morgan fingerprint density at radius 3 is 2.89 bits per heavy atom. The SMILES string of the molecule is NC(=NO)c1ccc(Cl)cc1NC(=O)CC1CC1. The van der Waals surface area contributed by atoms with Crippen LogP contribution in [0.2, 0.25) is 5.02 Å². The van der Waals surface area contributed by atoms with Crippen molar-refractivity contribution in [3.05, 3.63) is 28.8 Å². The Labute approximate surface area is 110 Å². The van der Waals surface area contributed by atoms with Gasteiger partial charge in [-0.2, -0.15) is 0 Å². The lowest BCUT2D eigenvalue weighted by Gasteiger charge is -2.10. The Morgan fingerprint density at radius 2 is 2.28 bits per heavy atom. The van der Waals surface area contributed by atoms with Gasteiger partial charge in [-0.25, -0.2) is 0 Å². The number of rotatable bonds is 4. The van der Waals surface area contributed by atoms with Crippen LogP contribution in [0.4, 0.5) is 5.69 Å². The minimum atomic E-state index is -0.0771. The van der Waals surface area contributed by atoms with Crippen LogP contribution in [-0.2, 0) is 4.79 Å². The lowest BCUT2D eigenvalue weighted by atomic mass is 10.1. The average molecular weight is 268 g/mol. The zero-order valence-electron chi connectivity index (χ0n) is 9.69. The number of nitrogens with zero attached hydrogens (tertiary/aromatic N) is 1. The zero-order chi connectivity index (χ0) is 13.1. The highest BCUT2D eigenvalue weighted by atomic mass is 35.5. The molecule has 1 amide bonds. The van der Waals surface area contributed by atoms with Gasteiger partial charge in [0.1, 0.15) is 0 Å². The number of amidine groups is 1. The third-order valence-electron chi connectivity index (χ3n) is 2.81. The number of nitrogens with one attached hydrogen (secondary N) is 1. The van der Waals surface area contributed by atoms with E-state index in [9.17, 15) is 4.79 Å². The summed E-state index contributed by atoms with van der Waals surface area (Å²) in [5, 5.41) is 14.8. The summed E-state index contributed by atoms with van der Waals surface area (Å²) < 4.78 is 0. The van der Waals surface area contributed by atoms with E-state index in [-0.39, 0.29) is 11.7 Å². The molecule has 0 aliphatic heterocycles. The highest BCUT2D eigenvalue weighted by Crippen LogP contribution is 2.32. The first kappa shape index (κ1) is 12.7. The molecule has 4 N–H and O–H groups in total. The normalized spacial score (nSPS) is 15.5. The van der Waals surface area contributed by atoms with Gasteiger partial charge < -0.3 is 16.3 Å². The summed E-state index contributed by atoms with van der Waals surface area (Å²) in [6, 6.07) is 4.80. The van der Waals surface area contributed by atoms with Gasteiger partial charge in [0, 0.05) is 17.0 Å². The monoisotopic (exact) mass is 267 g/mol. The number of amides is 1. The number of nitrogens with two attached hydrogens (primary N) is 1. The molecule has 0 saturated heterocycles. The van der Waals surface area contributed by atoms with Gasteiger partial charge in [0.15, 0.2) is 5.84 Å². The summed E-state index contributed by atoms with van der Waals surface area (Å²) in [5.74, 6) is 0.358. The van der Waals surface area contributed by atoms with Gasteiger partial charge in [-0.3, -0.25) is 4.79 Å². The van der Waals surface area contributed by atoms with Crippen LogP contribution in [0.1, 0.15) is 24.8 Å². The average Bonchev–Trinajstić information content (AvgIpc) is 3.12. The summed E-state index contributed by atoms with van der Waals surface area (Å²) in [4.78, 5) is 11.7. The van der Waals surface area contributed by atoms with Gasteiger partial charge in [0.25, 0.3) is 0 Å². The maximum atomic E-state index is 11.7. The molecular formula is C12H14ClN3O2. The van der Waals surface area contributed by atoms with Crippen LogP contribution >= 0.6 is 11.6 Å². The van der Waals surface area contributed by atoms with Crippen LogP contribution in [0.5, 0.6) is 0 Å². The molecular weight excluding hydrogens is 254 g/mol. The van der Waals surface area contributed by atoms with Crippen molar-refractivity contribution in [3.8, 4) is 0 Å². The van der Waals surface area contributed by atoms with Crippen molar-refractivity contribution in [2.45, 2.75) is 19.3 Å². The van der Waals surface area contributed by atoms with E-state index in [4.69, 9.17) is 22.5 Å². The first-order valence-electron chi connectivity index (χ1n) is 5.67. The predicted octanol–water partition coefficient (Wildman–Crippen LogP) is 2.17. The minimum absolute atomic E-state index is 0.0617. The standard InChI is InChI=1S/C12H14ClN3O2/c13-8-3-4-9(12(14)16-18)10(6-8)15-11(17)5-7-1-2-7/h3-4,6-7,18H,1-2,5H2,(H2,14,16)(H,15,17). The van der Waals surface area contributed by atoms with Gasteiger partial charge in [0.05, 0.1) is 5.69 Å². The van der Waals surface area contributed by atoms with Crippen molar-refractivity contribution in [2.75, 3.05) is 5.32 Å². The molecule has 0 aromatic heterocycles. The van der Waals surface area contributed by atoms with Gasteiger partial charge in [-0.05, 0) is 37.0 Å². The molecule has 6 heteroatoms. The van der Waals surface area contributed by atoms with E-state index < -0.39 is 0 Å². The lowest BCUT2D eigenvalue weighted by molar-refractivity contribution is -0.116. The van der Waals surface area contributed by atoms with Crippen molar-refractivity contribution in [2.24, 2.45) is 16.8 Å².